The quantitative estimate of drug-likeness (QED) is 0.447. The number of benzene rings is 1. The minimum absolute atomic E-state index is 0.0360. The zero-order valence-corrected chi connectivity index (χ0v) is 11.1. The number of nitro groups is 1. The normalized spacial score (nSPS) is 10.3. The average Bonchev–Trinajstić information content (AvgIpc) is 2.33. The van der Waals surface area contributed by atoms with E-state index in [2.05, 4.69) is 5.32 Å². The molecule has 5 nitrogen and oxygen atoms in total. The van der Waals surface area contributed by atoms with Crippen molar-refractivity contribution in [2.45, 2.75) is 19.8 Å². The highest BCUT2D eigenvalue weighted by Crippen LogP contribution is 2.27. The molecule has 100 valence electrons. The zero-order valence-electron chi connectivity index (χ0n) is 10.3. The maximum atomic E-state index is 10.8. The number of anilines is 1. The van der Waals surface area contributed by atoms with Crippen molar-refractivity contribution in [2.75, 3.05) is 25.1 Å². The molecule has 0 atom stereocenters. The van der Waals surface area contributed by atoms with Gasteiger partial charge in [0.25, 0.3) is 5.69 Å². The summed E-state index contributed by atoms with van der Waals surface area (Å²) in [5.74, 6) is 0. The third-order valence-electron chi connectivity index (χ3n) is 2.28. The Hall–Kier alpha value is -1.33. The van der Waals surface area contributed by atoms with Gasteiger partial charge in [0.05, 0.1) is 4.92 Å². The second kappa shape index (κ2) is 7.89. The SMILES string of the molecule is CCCOCCCNc1cc(Cl)ccc1[N+](=O)[O-]. The molecule has 0 heterocycles. The lowest BCUT2D eigenvalue weighted by Crippen LogP contribution is -2.07. The Kier molecular flexibility index (Phi) is 6.46. The first-order chi connectivity index (χ1) is 8.65. The van der Waals surface area contributed by atoms with Crippen LogP contribution in [0.2, 0.25) is 5.02 Å². The first kappa shape index (κ1) is 14.7. The fourth-order valence-corrected chi connectivity index (χ4v) is 1.62. The largest absolute Gasteiger partial charge is 0.381 e. The molecule has 0 amide bonds. The first-order valence-electron chi connectivity index (χ1n) is 5.90. The molecule has 0 spiro atoms. The summed E-state index contributed by atoms with van der Waals surface area (Å²) < 4.78 is 5.32. The molecule has 0 aliphatic heterocycles. The Morgan fingerprint density at radius 1 is 1.44 bits per heavy atom. The number of nitro benzene ring substituents is 1. The van der Waals surface area contributed by atoms with Gasteiger partial charge in [-0.3, -0.25) is 10.1 Å². The maximum Gasteiger partial charge on any atom is 0.292 e. The van der Waals surface area contributed by atoms with Crippen LogP contribution < -0.4 is 5.32 Å². The molecule has 0 saturated heterocycles. The van der Waals surface area contributed by atoms with Gasteiger partial charge in [0.1, 0.15) is 5.69 Å². The average molecular weight is 273 g/mol. The molecular weight excluding hydrogens is 256 g/mol. The number of hydrogen-bond donors (Lipinski definition) is 1. The van der Waals surface area contributed by atoms with Crippen LogP contribution in [0.5, 0.6) is 0 Å². The van der Waals surface area contributed by atoms with Gasteiger partial charge in [0, 0.05) is 30.8 Å². The van der Waals surface area contributed by atoms with Crippen LogP contribution in [0, 0.1) is 10.1 Å². The first-order valence-corrected chi connectivity index (χ1v) is 6.28. The van der Waals surface area contributed by atoms with Gasteiger partial charge in [0.15, 0.2) is 0 Å². The van der Waals surface area contributed by atoms with E-state index in [0.717, 1.165) is 19.4 Å². The molecule has 1 aromatic rings. The van der Waals surface area contributed by atoms with E-state index in [9.17, 15) is 10.1 Å². The number of halogens is 1. The van der Waals surface area contributed by atoms with E-state index in [1.807, 2.05) is 6.92 Å². The van der Waals surface area contributed by atoms with Crippen molar-refractivity contribution in [1.29, 1.82) is 0 Å². The lowest BCUT2D eigenvalue weighted by Gasteiger charge is -2.07. The molecule has 0 aliphatic rings. The van der Waals surface area contributed by atoms with Crippen LogP contribution >= 0.6 is 11.6 Å². The Morgan fingerprint density at radius 2 is 2.22 bits per heavy atom. The number of rotatable bonds is 8. The standard InChI is InChI=1S/C12H17ClN2O3/c1-2-7-18-8-3-6-14-11-9-10(13)4-5-12(11)15(16)17/h4-5,9,14H,2-3,6-8H2,1H3. The van der Waals surface area contributed by atoms with Gasteiger partial charge in [-0.25, -0.2) is 0 Å². The highest BCUT2D eigenvalue weighted by Gasteiger charge is 2.12. The Labute approximate surface area is 111 Å². The Morgan fingerprint density at radius 3 is 2.89 bits per heavy atom. The van der Waals surface area contributed by atoms with Crippen LogP contribution in [0.25, 0.3) is 0 Å². The molecule has 0 fully saturated rings. The van der Waals surface area contributed by atoms with Gasteiger partial charge in [-0.15, -0.1) is 0 Å². The lowest BCUT2D eigenvalue weighted by molar-refractivity contribution is -0.384. The molecule has 18 heavy (non-hydrogen) atoms. The lowest BCUT2D eigenvalue weighted by atomic mass is 10.2. The summed E-state index contributed by atoms with van der Waals surface area (Å²) in [6.45, 7) is 4.06. The van der Waals surface area contributed by atoms with E-state index < -0.39 is 4.92 Å². The topological polar surface area (TPSA) is 64.4 Å². The van der Waals surface area contributed by atoms with Crippen LogP contribution in [0.3, 0.4) is 0 Å². The summed E-state index contributed by atoms with van der Waals surface area (Å²) >= 11 is 5.82. The second-order valence-electron chi connectivity index (χ2n) is 3.81. The Balaban J connectivity index is 2.45. The smallest absolute Gasteiger partial charge is 0.292 e. The van der Waals surface area contributed by atoms with E-state index in [-0.39, 0.29) is 5.69 Å². The summed E-state index contributed by atoms with van der Waals surface area (Å²) in [7, 11) is 0. The van der Waals surface area contributed by atoms with Crippen molar-refractivity contribution >= 4 is 23.0 Å². The zero-order chi connectivity index (χ0) is 13.4. The summed E-state index contributed by atoms with van der Waals surface area (Å²) in [6, 6.07) is 4.47. The van der Waals surface area contributed by atoms with Crippen LogP contribution in [0.1, 0.15) is 19.8 Å². The number of hydrogen-bond acceptors (Lipinski definition) is 4. The van der Waals surface area contributed by atoms with E-state index >= 15 is 0 Å². The molecular formula is C12H17ClN2O3. The predicted molar refractivity (Wildman–Crippen MR) is 72.3 cm³/mol. The number of nitrogens with zero attached hydrogens (tertiary/aromatic N) is 1. The van der Waals surface area contributed by atoms with Crippen LogP contribution in [0.4, 0.5) is 11.4 Å². The number of nitrogens with one attached hydrogen (secondary N) is 1. The summed E-state index contributed by atoms with van der Waals surface area (Å²) in [4.78, 5) is 10.4. The molecule has 1 rings (SSSR count). The third kappa shape index (κ3) is 4.89. The number of ether oxygens (including phenoxy) is 1. The minimum atomic E-state index is -0.424. The predicted octanol–water partition coefficient (Wildman–Crippen LogP) is 3.48. The van der Waals surface area contributed by atoms with E-state index in [0.29, 0.717) is 23.9 Å². The molecule has 1 aromatic carbocycles. The van der Waals surface area contributed by atoms with Gasteiger partial charge >= 0.3 is 0 Å². The summed E-state index contributed by atoms with van der Waals surface area (Å²) in [6.07, 6.45) is 1.79. The summed E-state index contributed by atoms with van der Waals surface area (Å²) in [5, 5.41) is 14.3. The van der Waals surface area contributed by atoms with Crippen molar-refractivity contribution in [3.8, 4) is 0 Å². The van der Waals surface area contributed by atoms with E-state index in [1.165, 1.54) is 12.1 Å². The van der Waals surface area contributed by atoms with Crippen LogP contribution in [-0.2, 0) is 4.74 Å². The van der Waals surface area contributed by atoms with Gasteiger partial charge in [-0.1, -0.05) is 18.5 Å². The fraction of sp³-hybridized carbons (Fsp3) is 0.500. The maximum absolute atomic E-state index is 10.8. The molecule has 0 aliphatic carbocycles. The molecule has 0 bridgehead atoms. The van der Waals surface area contributed by atoms with Gasteiger partial charge < -0.3 is 10.1 Å². The highest BCUT2D eigenvalue weighted by atomic mass is 35.5. The van der Waals surface area contributed by atoms with Crippen molar-refractivity contribution in [1.82, 2.24) is 0 Å². The molecule has 0 radical (unpaired) electrons. The van der Waals surface area contributed by atoms with E-state index in [1.54, 1.807) is 6.07 Å². The van der Waals surface area contributed by atoms with Gasteiger partial charge in [-0.2, -0.15) is 0 Å². The molecule has 0 saturated carbocycles. The third-order valence-corrected chi connectivity index (χ3v) is 2.52. The molecule has 1 N–H and O–H groups in total. The molecule has 0 aromatic heterocycles. The molecule has 0 unspecified atom stereocenters. The fourth-order valence-electron chi connectivity index (χ4n) is 1.45. The summed E-state index contributed by atoms with van der Waals surface area (Å²) in [5.41, 5.74) is 0.483. The van der Waals surface area contributed by atoms with Gasteiger partial charge in [-0.05, 0) is 25.0 Å². The van der Waals surface area contributed by atoms with Crippen molar-refractivity contribution < 1.29 is 9.66 Å². The van der Waals surface area contributed by atoms with Crippen molar-refractivity contribution in [3.05, 3.63) is 33.3 Å². The highest BCUT2D eigenvalue weighted by molar-refractivity contribution is 6.31. The van der Waals surface area contributed by atoms with Crippen molar-refractivity contribution in [3.63, 3.8) is 0 Å². The monoisotopic (exact) mass is 272 g/mol. The van der Waals surface area contributed by atoms with Crippen LogP contribution in [0.15, 0.2) is 18.2 Å². The minimum Gasteiger partial charge on any atom is -0.381 e. The van der Waals surface area contributed by atoms with Gasteiger partial charge in [0.2, 0.25) is 0 Å². The van der Waals surface area contributed by atoms with Crippen molar-refractivity contribution in [2.24, 2.45) is 0 Å². The second-order valence-corrected chi connectivity index (χ2v) is 4.25. The Bertz CT molecular complexity index is 399. The van der Waals surface area contributed by atoms with E-state index in [4.69, 9.17) is 16.3 Å². The molecule has 6 heteroatoms. The van der Waals surface area contributed by atoms with Crippen LogP contribution in [-0.4, -0.2) is 24.7 Å².